The Kier molecular flexibility index (Phi) is 3.83. The van der Waals surface area contributed by atoms with Gasteiger partial charge in [0.15, 0.2) is 0 Å². The summed E-state index contributed by atoms with van der Waals surface area (Å²) < 4.78 is 0. The highest BCUT2D eigenvalue weighted by atomic mass is 13.9. The summed E-state index contributed by atoms with van der Waals surface area (Å²) in [5, 5.41) is 0. The predicted molar refractivity (Wildman–Crippen MR) is 47.0 cm³/mol. The Hall–Kier alpha value is -0.740. The van der Waals surface area contributed by atoms with E-state index in [1.807, 2.05) is 0 Å². The summed E-state index contributed by atoms with van der Waals surface area (Å²) in [7, 11) is 0. The molecule has 0 radical (unpaired) electrons. The highest BCUT2D eigenvalue weighted by Crippen LogP contribution is 1.99. The third-order valence-electron chi connectivity index (χ3n) is 0.952. The van der Waals surface area contributed by atoms with Gasteiger partial charge in [0.2, 0.25) is 0 Å². The zero-order chi connectivity index (χ0) is 8.15. The molecule has 0 saturated carbocycles. The molecule has 0 aromatic rings. The molecule has 0 unspecified atom stereocenters. The number of hydrogen-bond acceptors (Lipinski definition) is 0. The molecule has 0 amide bonds. The summed E-state index contributed by atoms with van der Waals surface area (Å²) >= 11 is 0. The van der Waals surface area contributed by atoms with E-state index in [-0.39, 0.29) is 0 Å². The molecule has 0 spiro atoms. The summed E-state index contributed by atoms with van der Waals surface area (Å²) in [5.74, 6) is 0. The average Bonchev–Trinajstić information content (AvgIpc) is 1.58. The molecule has 0 rings (SSSR count). The van der Waals surface area contributed by atoms with Crippen molar-refractivity contribution in [3.05, 3.63) is 28.5 Å². The van der Waals surface area contributed by atoms with E-state index in [9.17, 15) is 0 Å². The van der Waals surface area contributed by atoms with Crippen LogP contribution in [0.4, 0.5) is 0 Å². The van der Waals surface area contributed by atoms with Crippen molar-refractivity contribution in [3.63, 3.8) is 0 Å². The smallest absolute Gasteiger partial charge is 0.00928 e. The van der Waals surface area contributed by atoms with Crippen molar-refractivity contribution in [1.29, 1.82) is 0 Å². The first-order valence-corrected chi connectivity index (χ1v) is 3.58. The topological polar surface area (TPSA) is 0 Å². The highest BCUT2D eigenvalue weighted by molar-refractivity contribution is 5.20. The zero-order valence-electron chi connectivity index (χ0n) is 7.58. The second-order valence-corrected chi connectivity index (χ2v) is 3.03. The number of allylic oxidation sites excluding steroid dienone is 3. The summed E-state index contributed by atoms with van der Waals surface area (Å²) in [6, 6.07) is 0. The third kappa shape index (κ3) is 5.40. The molecule has 0 N–H and O–H groups in total. The zero-order valence-corrected chi connectivity index (χ0v) is 7.58. The van der Waals surface area contributed by atoms with Crippen LogP contribution in [-0.4, -0.2) is 0 Å². The highest BCUT2D eigenvalue weighted by Gasteiger charge is 1.79. The monoisotopic (exact) mass is 136 g/mol. The second-order valence-electron chi connectivity index (χ2n) is 3.03. The Morgan fingerprint density at radius 3 is 1.80 bits per heavy atom. The van der Waals surface area contributed by atoms with Crippen LogP contribution in [0.2, 0.25) is 0 Å². The molecule has 0 heteroatoms. The van der Waals surface area contributed by atoms with E-state index >= 15 is 0 Å². The van der Waals surface area contributed by atoms with Crippen LogP contribution >= 0.6 is 0 Å². The first-order valence-electron chi connectivity index (χ1n) is 3.58. The van der Waals surface area contributed by atoms with Gasteiger partial charge >= 0.3 is 0 Å². The average molecular weight is 136 g/mol. The van der Waals surface area contributed by atoms with Gasteiger partial charge in [-0.25, -0.2) is 0 Å². The first-order chi connectivity index (χ1) is 4.52. The van der Waals surface area contributed by atoms with Gasteiger partial charge < -0.3 is 0 Å². The number of rotatable bonds is 1. The maximum Gasteiger partial charge on any atom is -0.00928 e. The minimum absolute atomic E-state index is 1.21. The van der Waals surface area contributed by atoms with Crippen molar-refractivity contribution < 1.29 is 0 Å². The maximum atomic E-state index is 3.23. The molecule has 0 aromatic carbocycles. The molecule has 0 fully saturated rings. The standard InChI is InChI=1S/C10H16/c1-8(2)6-10(5)7-9(3)4/h6H,1-5H3. The van der Waals surface area contributed by atoms with Crippen LogP contribution in [0.15, 0.2) is 28.5 Å². The fourth-order valence-corrected chi connectivity index (χ4v) is 0.863. The molecule has 0 aliphatic rings. The molecule has 0 aromatic heterocycles. The fourth-order valence-electron chi connectivity index (χ4n) is 0.863. The Bertz CT molecular complexity index is 190. The van der Waals surface area contributed by atoms with Crippen molar-refractivity contribution in [1.82, 2.24) is 0 Å². The third-order valence-corrected chi connectivity index (χ3v) is 0.952. The van der Waals surface area contributed by atoms with Crippen LogP contribution in [-0.2, 0) is 0 Å². The summed E-state index contributed by atoms with van der Waals surface area (Å²) in [6.07, 6.45) is 2.13. The minimum atomic E-state index is 1.21. The predicted octanol–water partition coefficient (Wildman–Crippen LogP) is 3.46. The molecule has 0 nitrogen and oxygen atoms in total. The minimum Gasteiger partial charge on any atom is -0.119 e. The van der Waals surface area contributed by atoms with Gasteiger partial charge in [0, 0.05) is 0 Å². The molecule has 0 heterocycles. The summed E-state index contributed by atoms with van der Waals surface area (Å²) in [4.78, 5) is 0. The van der Waals surface area contributed by atoms with Gasteiger partial charge in [-0.05, 0) is 45.8 Å². The van der Waals surface area contributed by atoms with Crippen molar-refractivity contribution in [3.8, 4) is 0 Å². The van der Waals surface area contributed by atoms with E-state index in [2.05, 4.69) is 46.4 Å². The quantitative estimate of drug-likeness (QED) is 0.382. The summed E-state index contributed by atoms with van der Waals surface area (Å²) in [6.45, 7) is 10.4. The van der Waals surface area contributed by atoms with Gasteiger partial charge in [-0.15, -0.1) is 5.73 Å². The van der Waals surface area contributed by atoms with Crippen LogP contribution < -0.4 is 0 Å². The van der Waals surface area contributed by atoms with Gasteiger partial charge in [0.25, 0.3) is 0 Å². The van der Waals surface area contributed by atoms with Crippen LogP contribution in [0.5, 0.6) is 0 Å². The maximum absolute atomic E-state index is 3.23. The molecular weight excluding hydrogens is 120 g/mol. The molecule has 0 bridgehead atoms. The lowest BCUT2D eigenvalue weighted by Gasteiger charge is -1.88. The van der Waals surface area contributed by atoms with Crippen LogP contribution in [0.3, 0.4) is 0 Å². The van der Waals surface area contributed by atoms with Crippen molar-refractivity contribution in [2.75, 3.05) is 0 Å². The molecular formula is C10H16. The van der Waals surface area contributed by atoms with Gasteiger partial charge in [-0.1, -0.05) is 11.6 Å². The van der Waals surface area contributed by atoms with E-state index in [1.165, 1.54) is 16.7 Å². The van der Waals surface area contributed by atoms with E-state index in [0.717, 1.165) is 0 Å². The lowest BCUT2D eigenvalue weighted by Crippen LogP contribution is -1.68. The van der Waals surface area contributed by atoms with Crippen LogP contribution in [0.25, 0.3) is 0 Å². The Morgan fingerprint density at radius 2 is 1.50 bits per heavy atom. The second kappa shape index (κ2) is 4.14. The van der Waals surface area contributed by atoms with Crippen molar-refractivity contribution in [2.24, 2.45) is 0 Å². The van der Waals surface area contributed by atoms with Crippen LogP contribution in [0.1, 0.15) is 34.6 Å². The van der Waals surface area contributed by atoms with E-state index in [1.54, 1.807) is 0 Å². The Balaban J connectivity index is 4.53. The van der Waals surface area contributed by atoms with E-state index in [0.29, 0.717) is 0 Å². The molecule has 56 valence electrons. The SMILES string of the molecule is CC(C)=C=C(C)C=C(C)C. The molecule has 10 heavy (non-hydrogen) atoms. The van der Waals surface area contributed by atoms with Gasteiger partial charge in [-0.3, -0.25) is 0 Å². The van der Waals surface area contributed by atoms with E-state index < -0.39 is 0 Å². The van der Waals surface area contributed by atoms with Gasteiger partial charge in [0.1, 0.15) is 0 Å². The molecule has 0 aliphatic heterocycles. The Labute approximate surface area is 64.0 Å². The summed E-state index contributed by atoms with van der Waals surface area (Å²) in [5.41, 5.74) is 7.00. The molecule has 0 atom stereocenters. The van der Waals surface area contributed by atoms with Gasteiger partial charge in [0.05, 0.1) is 0 Å². The Morgan fingerprint density at radius 1 is 1.00 bits per heavy atom. The van der Waals surface area contributed by atoms with Crippen molar-refractivity contribution in [2.45, 2.75) is 34.6 Å². The van der Waals surface area contributed by atoms with Crippen molar-refractivity contribution >= 4 is 0 Å². The van der Waals surface area contributed by atoms with Gasteiger partial charge in [-0.2, -0.15) is 0 Å². The first kappa shape index (κ1) is 9.26. The normalized spacial score (nSPS) is 8.10. The fraction of sp³-hybridized carbons (Fsp3) is 0.500. The van der Waals surface area contributed by atoms with E-state index in [4.69, 9.17) is 0 Å². The number of hydrogen-bond donors (Lipinski definition) is 0. The largest absolute Gasteiger partial charge is 0.119 e. The lowest BCUT2D eigenvalue weighted by atomic mass is 10.2. The molecule has 0 aliphatic carbocycles. The lowest BCUT2D eigenvalue weighted by molar-refractivity contribution is 1.33. The van der Waals surface area contributed by atoms with Crippen LogP contribution in [0, 0.1) is 0 Å². The molecule has 0 saturated heterocycles.